The number of carbonyl (C=O) groups is 1. The standard InChI is InChI=1S/C7H8BrF2NO/c1-3-4-5(2)11-6(12)7(8,9)10/h1,5H,4H2,2H3,(H,11,12). The van der Waals surface area contributed by atoms with Gasteiger partial charge in [-0.3, -0.25) is 4.79 Å². The predicted molar refractivity (Wildman–Crippen MR) is 44.9 cm³/mol. The summed E-state index contributed by atoms with van der Waals surface area (Å²) >= 11 is 1.93. The Morgan fingerprint density at radius 1 is 1.83 bits per heavy atom. The average Bonchev–Trinajstić information content (AvgIpc) is 1.85. The van der Waals surface area contributed by atoms with Crippen LogP contribution in [0.15, 0.2) is 0 Å². The summed E-state index contributed by atoms with van der Waals surface area (Å²) in [4.78, 5) is 7.06. The molecule has 0 bridgehead atoms. The van der Waals surface area contributed by atoms with Gasteiger partial charge in [0.15, 0.2) is 0 Å². The van der Waals surface area contributed by atoms with Crippen LogP contribution in [-0.4, -0.2) is 16.8 Å². The molecule has 1 unspecified atom stereocenters. The molecule has 0 spiro atoms. The normalized spacial score (nSPS) is 13.2. The van der Waals surface area contributed by atoms with Gasteiger partial charge >= 0.3 is 10.7 Å². The van der Waals surface area contributed by atoms with Gasteiger partial charge in [-0.2, -0.15) is 8.78 Å². The Kier molecular flexibility index (Phi) is 4.18. The van der Waals surface area contributed by atoms with E-state index in [4.69, 9.17) is 6.42 Å². The molecule has 0 aliphatic heterocycles. The Morgan fingerprint density at radius 2 is 2.33 bits per heavy atom. The zero-order chi connectivity index (χ0) is 9.78. The Hall–Kier alpha value is -0.630. The number of amides is 1. The number of hydrogen-bond donors (Lipinski definition) is 1. The summed E-state index contributed by atoms with van der Waals surface area (Å²) in [6.07, 6.45) is 5.14. The van der Waals surface area contributed by atoms with Crippen molar-refractivity contribution in [2.24, 2.45) is 0 Å². The molecular weight excluding hydrogens is 232 g/mol. The van der Waals surface area contributed by atoms with Crippen LogP contribution in [0, 0.1) is 12.3 Å². The fourth-order valence-corrected chi connectivity index (χ4v) is 0.648. The summed E-state index contributed by atoms with van der Waals surface area (Å²) in [6.45, 7) is 1.55. The van der Waals surface area contributed by atoms with Crippen LogP contribution in [0.4, 0.5) is 8.78 Å². The molecule has 0 aliphatic carbocycles. The molecule has 0 saturated heterocycles. The SMILES string of the molecule is C#CCC(C)NC(=O)C(F)(F)Br. The molecule has 0 aromatic carbocycles. The Labute approximate surface area is 77.8 Å². The van der Waals surface area contributed by atoms with E-state index in [1.165, 1.54) is 0 Å². The van der Waals surface area contributed by atoms with Gasteiger partial charge in [0.2, 0.25) is 0 Å². The minimum absolute atomic E-state index is 0.231. The number of nitrogens with one attached hydrogen (secondary N) is 1. The second-order valence-corrected chi connectivity index (χ2v) is 3.28. The van der Waals surface area contributed by atoms with Crippen LogP contribution < -0.4 is 5.32 Å². The van der Waals surface area contributed by atoms with Gasteiger partial charge < -0.3 is 5.32 Å². The smallest absolute Gasteiger partial charge is 0.347 e. The summed E-state index contributed by atoms with van der Waals surface area (Å²) < 4.78 is 24.3. The van der Waals surface area contributed by atoms with Crippen LogP contribution in [0.2, 0.25) is 0 Å². The number of hydrogen-bond acceptors (Lipinski definition) is 1. The summed E-state index contributed by atoms with van der Waals surface area (Å²) in [5.41, 5.74) is 0. The van der Waals surface area contributed by atoms with Crippen molar-refractivity contribution in [2.75, 3.05) is 0 Å². The Balaban J connectivity index is 3.95. The van der Waals surface area contributed by atoms with Crippen LogP contribution in [0.25, 0.3) is 0 Å². The molecule has 1 N–H and O–H groups in total. The lowest BCUT2D eigenvalue weighted by Crippen LogP contribution is -2.40. The topological polar surface area (TPSA) is 29.1 Å². The van der Waals surface area contributed by atoms with Crippen molar-refractivity contribution in [3.05, 3.63) is 0 Å². The van der Waals surface area contributed by atoms with E-state index < -0.39 is 16.8 Å². The molecule has 1 atom stereocenters. The number of alkyl halides is 3. The summed E-state index contributed by atoms with van der Waals surface area (Å²) in [7, 11) is 0. The lowest BCUT2D eigenvalue weighted by molar-refractivity contribution is -0.134. The van der Waals surface area contributed by atoms with Crippen molar-refractivity contribution in [1.29, 1.82) is 0 Å². The first-order valence-electron chi connectivity index (χ1n) is 3.19. The van der Waals surface area contributed by atoms with Gasteiger partial charge in [-0.05, 0) is 6.92 Å². The summed E-state index contributed by atoms with van der Waals surface area (Å²) in [6, 6.07) is -0.439. The van der Waals surface area contributed by atoms with E-state index >= 15 is 0 Å². The molecule has 0 radical (unpaired) electrons. The summed E-state index contributed by atoms with van der Waals surface area (Å²) in [5, 5.41) is 2.04. The lowest BCUT2D eigenvalue weighted by Gasteiger charge is -2.13. The first-order valence-corrected chi connectivity index (χ1v) is 3.98. The van der Waals surface area contributed by atoms with Gasteiger partial charge in [0, 0.05) is 28.4 Å². The largest absolute Gasteiger partial charge is 0.377 e. The van der Waals surface area contributed by atoms with E-state index in [0.29, 0.717) is 0 Å². The highest BCUT2D eigenvalue weighted by molar-refractivity contribution is 9.10. The molecule has 12 heavy (non-hydrogen) atoms. The van der Waals surface area contributed by atoms with E-state index in [1.54, 1.807) is 6.92 Å². The predicted octanol–water partition coefficient (Wildman–Crippen LogP) is 1.50. The highest BCUT2D eigenvalue weighted by Gasteiger charge is 2.35. The molecule has 0 aliphatic rings. The molecule has 0 saturated carbocycles. The Morgan fingerprint density at radius 3 is 2.67 bits per heavy atom. The second-order valence-electron chi connectivity index (χ2n) is 2.28. The van der Waals surface area contributed by atoms with E-state index in [9.17, 15) is 13.6 Å². The van der Waals surface area contributed by atoms with Crippen LogP contribution in [-0.2, 0) is 4.79 Å². The molecule has 0 aromatic heterocycles. The first-order chi connectivity index (χ1) is 5.38. The molecule has 0 heterocycles. The average molecular weight is 240 g/mol. The molecule has 0 rings (SSSR count). The molecule has 0 fully saturated rings. The number of rotatable bonds is 3. The molecule has 0 aromatic rings. The Bertz CT molecular complexity index is 206. The van der Waals surface area contributed by atoms with Gasteiger partial charge in [0.25, 0.3) is 0 Å². The van der Waals surface area contributed by atoms with Crippen molar-refractivity contribution in [3.8, 4) is 12.3 Å². The maximum atomic E-state index is 12.2. The third-order valence-electron chi connectivity index (χ3n) is 1.06. The molecule has 1 amide bonds. The van der Waals surface area contributed by atoms with Crippen molar-refractivity contribution in [1.82, 2.24) is 5.32 Å². The van der Waals surface area contributed by atoms with Crippen molar-refractivity contribution < 1.29 is 13.6 Å². The molecule has 68 valence electrons. The number of carbonyl (C=O) groups excluding carboxylic acids is 1. The van der Waals surface area contributed by atoms with Gasteiger partial charge in [-0.25, -0.2) is 0 Å². The van der Waals surface area contributed by atoms with Crippen LogP contribution in [0.5, 0.6) is 0 Å². The number of terminal acetylenes is 1. The highest BCUT2D eigenvalue weighted by Crippen LogP contribution is 2.21. The van der Waals surface area contributed by atoms with Crippen molar-refractivity contribution >= 4 is 21.8 Å². The van der Waals surface area contributed by atoms with E-state index in [1.807, 2.05) is 21.2 Å². The second kappa shape index (κ2) is 4.41. The van der Waals surface area contributed by atoms with Crippen LogP contribution >= 0.6 is 15.9 Å². The highest BCUT2D eigenvalue weighted by atomic mass is 79.9. The van der Waals surface area contributed by atoms with Crippen LogP contribution in [0.3, 0.4) is 0 Å². The molecular formula is C7H8BrF2NO. The van der Waals surface area contributed by atoms with Crippen molar-refractivity contribution in [3.63, 3.8) is 0 Å². The fraction of sp³-hybridized carbons (Fsp3) is 0.571. The van der Waals surface area contributed by atoms with Gasteiger partial charge in [0.1, 0.15) is 0 Å². The molecule has 2 nitrogen and oxygen atoms in total. The van der Waals surface area contributed by atoms with E-state index in [-0.39, 0.29) is 6.42 Å². The van der Waals surface area contributed by atoms with Gasteiger partial charge in [-0.15, -0.1) is 12.3 Å². The van der Waals surface area contributed by atoms with Crippen molar-refractivity contribution in [2.45, 2.75) is 24.2 Å². The van der Waals surface area contributed by atoms with E-state index in [2.05, 4.69) is 5.92 Å². The monoisotopic (exact) mass is 239 g/mol. The third-order valence-corrected chi connectivity index (χ3v) is 1.42. The van der Waals surface area contributed by atoms with Gasteiger partial charge in [-0.1, -0.05) is 0 Å². The van der Waals surface area contributed by atoms with Gasteiger partial charge in [0.05, 0.1) is 0 Å². The van der Waals surface area contributed by atoms with E-state index in [0.717, 1.165) is 0 Å². The minimum atomic E-state index is -3.52. The van der Waals surface area contributed by atoms with Crippen LogP contribution in [0.1, 0.15) is 13.3 Å². The quantitative estimate of drug-likeness (QED) is 0.587. The molecule has 5 heteroatoms. The first kappa shape index (κ1) is 11.4. The third kappa shape index (κ3) is 4.29. The lowest BCUT2D eigenvalue weighted by atomic mass is 10.2. The minimum Gasteiger partial charge on any atom is -0.347 e. The zero-order valence-corrected chi connectivity index (χ0v) is 7.99. The number of halogens is 3. The maximum absolute atomic E-state index is 12.2. The zero-order valence-electron chi connectivity index (χ0n) is 6.40. The maximum Gasteiger partial charge on any atom is 0.377 e. The fourth-order valence-electron chi connectivity index (χ4n) is 0.533. The summed E-state index contributed by atoms with van der Waals surface area (Å²) in [5.74, 6) is 0.879.